The average Bonchev–Trinajstić information content (AvgIpc) is 2.98. The number of hydrogen-bond donors (Lipinski definition) is 3. The van der Waals surface area contributed by atoms with Crippen molar-refractivity contribution in [3.8, 4) is 0 Å². The lowest BCUT2D eigenvalue weighted by Crippen LogP contribution is -2.40. The van der Waals surface area contributed by atoms with Gasteiger partial charge in [0, 0.05) is 26.0 Å². The zero-order valence-electron chi connectivity index (χ0n) is 12.2. The number of urea groups is 1. The molecule has 1 saturated carbocycles. The second-order valence-corrected chi connectivity index (χ2v) is 5.63. The first-order valence-electron chi connectivity index (χ1n) is 7.26. The number of nitrogens with one attached hydrogen (secondary N) is 2. The fourth-order valence-electron chi connectivity index (χ4n) is 2.66. The molecule has 0 saturated heterocycles. The number of carboxylic acid groups (broad SMARTS) is 1. The maximum atomic E-state index is 12.0. The van der Waals surface area contributed by atoms with Crippen molar-refractivity contribution in [1.29, 1.82) is 0 Å². The third kappa shape index (κ3) is 4.47. The molecule has 0 radical (unpaired) electrons. The zero-order valence-corrected chi connectivity index (χ0v) is 12.2. The zero-order chi connectivity index (χ0) is 15.2. The van der Waals surface area contributed by atoms with Gasteiger partial charge in [0.05, 0.1) is 12.5 Å². The molecule has 0 atom stereocenters. The van der Waals surface area contributed by atoms with Gasteiger partial charge in [-0.05, 0) is 31.6 Å². The molecule has 0 spiro atoms. The Morgan fingerprint density at radius 2 is 2.14 bits per heavy atom. The number of hydrogen-bond acceptors (Lipinski definition) is 3. The van der Waals surface area contributed by atoms with Gasteiger partial charge >= 0.3 is 12.0 Å². The van der Waals surface area contributed by atoms with Gasteiger partial charge in [0.25, 0.3) is 0 Å². The van der Waals surface area contributed by atoms with Crippen molar-refractivity contribution in [1.82, 2.24) is 20.2 Å². The topological polar surface area (TPSA) is 98.3 Å². The van der Waals surface area contributed by atoms with E-state index in [2.05, 4.69) is 15.3 Å². The number of carboxylic acids is 1. The van der Waals surface area contributed by atoms with Gasteiger partial charge in [0.1, 0.15) is 5.82 Å². The van der Waals surface area contributed by atoms with E-state index in [1.54, 1.807) is 24.3 Å². The molecule has 1 aliphatic carbocycles. The number of amides is 2. The van der Waals surface area contributed by atoms with E-state index in [-0.39, 0.29) is 11.9 Å². The van der Waals surface area contributed by atoms with Gasteiger partial charge in [-0.1, -0.05) is 0 Å². The Kier molecular flexibility index (Phi) is 5.19. The molecule has 2 rings (SSSR count). The van der Waals surface area contributed by atoms with E-state index in [9.17, 15) is 9.59 Å². The highest BCUT2D eigenvalue weighted by molar-refractivity contribution is 5.73. The van der Waals surface area contributed by atoms with Gasteiger partial charge in [0.2, 0.25) is 0 Å². The summed E-state index contributed by atoms with van der Waals surface area (Å²) in [5.41, 5.74) is 0. The third-order valence-corrected chi connectivity index (χ3v) is 4.03. The van der Waals surface area contributed by atoms with Crippen LogP contribution in [0.5, 0.6) is 0 Å². The van der Waals surface area contributed by atoms with Crippen molar-refractivity contribution in [2.75, 3.05) is 13.6 Å². The Morgan fingerprint density at radius 1 is 1.43 bits per heavy atom. The predicted octanol–water partition coefficient (Wildman–Crippen LogP) is 1.44. The second kappa shape index (κ2) is 7.10. The first-order valence-corrected chi connectivity index (χ1v) is 7.26. The second-order valence-electron chi connectivity index (χ2n) is 5.63. The van der Waals surface area contributed by atoms with E-state index in [0.29, 0.717) is 31.8 Å². The van der Waals surface area contributed by atoms with Crippen LogP contribution in [0.25, 0.3) is 0 Å². The normalized spacial score (nSPS) is 21.8. The monoisotopic (exact) mass is 294 g/mol. The number of aromatic amines is 1. The molecule has 1 aromatic heterocycles. The number of nitrogens with zero attached hydrogens (tertiary/aromatic N) is 2. The number of imidazole rings is 1. The Morgan fingerprint density at radius 3 is 2.71 bits per heavy atom. The quantitative estimate of drug-likeness (QED) is 0.765. The molecule has 7 heteroatoms. The summed E-state index contributed by atoms with van der Waals surface area (Å²) < 4.78 is 0. The summed E-state index contributed by atoms with van der Waals surface area (Å²) >= 11 is 0. The van der Waals surface area contributed by atoms with Crippen LogP contribution in [0.3, 0.4) is 0 Å². The molecule has 0 bridgehead atoms. The summed E-state index contributed by atoms with van der Waals surface area (Å²) in [4.78, 5) is 31.5. The summed E-state index contributed by atoms with van der Waals surface area (Å²) in [5, 5.41) is 11.9. The lowest BCUT2D eigenvalue weighted by atomic mass is 9.82. The highest BCUT2D eigenvalue weighted by Crippen LogP contribution is 2.28. The Balaban J connectivity index is 1.68. The van der Waals surface area contributed by atoms with Crippen LogP contribution < -0.4 is 5.32 Å². The van der Waals surface area contributed by atoms with Crippen molar-refractivity contribution in [3.05, 3.63) is 18.2 Å². The summed E-state index contributed by atoms with van der Waals surface area (Å²) in [7, 11) is 1.72. The predicted molar refractivity (Wildman–Crippen MR) is 76.5 cm³/mol. The lowest BCUT2D eigenvalue weighted by Gasteiger charge is -2.27. The summed E-state index contributed by atoms with van der Waals surface area (Å²) in [6.45, 7) is 1.04. The Labute approximate surface area is 123 Å². The fraction of sp³-hybridized carbons (Fsp3) is 0.643. The van der Waals surface area contributed by atoms with Gasteiger partial charge < -0.3 is 20.3 Å². The highest BCUT2D eigenvalue weighted by Gasteiger charge is 2.26. The molecular formula is C14H22N4O3. The van der Waals surface area contributed by atoms with Crippen molar-refractivity contribution >= 4 is 12.0 Å². The van der Waals surface area contributed by atoms with Crippen molar-refractivity contribution in [2.24, 2.45) is 11.8 Å². The molecule has 3 N–H and O–H groups in total. The molecule has 1 aliphatic rings. The van der Waals surface area contributed by atoms with Crippen molar-refractivity contribution < 1.29 is 14.7 Å². The van der Waals surface area contributed by atoms with Gasteiger partial charge in [0.15, 0.2) is 0 Å². The fourth-order valence-corrected chi connectivity index (χ4v) is 2.66. The molecule has 0 unspecified atom stereocenters. The molecule has 0 aromatic carbocycles. The molecule has 0 aliphatic heterocycles. The summed E-state index contributed by atoms with van der Waals surface area (Å²) in [6, 6.07) is -0.133. The number of aliphatic carboxylic acids is 1. The minimum atomic E-state index is -0.698. The maximum absolute atomic E-state index is 12.0. The average molecular weight is 294 g/mol. The molecule has 1 fully saturated rings. The Hall–Kier alpha value is -2.05. The van der Waals surface area contributed by atoms with E-state index in [1.165, 1.54) is 0 Å². The minimum absolute atomic E-state index is 0.133. The number of carbonyl (C=O) groups excluding carboxylic acids is 1. The van der Waals surface area contributed by atoms with E-state index < -0.39 is 5.97 Å². The van der Waals surface area contributed by atoms with Gasteiger partial charge in [-0.15, -0.1) is 0 Å². The van der Waals surface area contributed by atoms with E-state index in [1.807, 2.05) is 0 Å². The Bertz CT molecular complexity index is 467. The molecule has 1 heterocycles. The number of carbonyl (C=O) groups is 2. The van der Waals surface area contributed by atoms with Gasteiger partial charge in [-0.25, -0.2) is 9.78 Å². The van der Waals surface area contributed by atoms with Crippen LogP contribution in [-0.4, -0.2) is 45.6 Å². The van der Waals surface area contributed by atoms with Crippen LogP contribution in [0.4, 0.5) is 4.79 Å². The van der Waals surface area contributed by atoms with Crippen molar-refractivity contribution in [2.45, 2.75) is 32.2 Å². The third-order valence-electron chi connectivity index (χ3n) is 4.03. The van der Waals surface area contributed by atoms with Gasteiger partial charge in [-0.2, -0.15) is 0 Å². The van der Waals surface area contributed by atoms with E-state index in [0.717, 1.165) is 18.7 Å². The SMILES string of the molecule is CN(Cc1ncc[nH]1)C(=O)NCC1CCC(C(=O)O)CC1. The van der Waals surface area contributed by atoms with E-state index in [4.69, 9.17) is 5.11 Å². The molecule has 21 heavy (non-hydrogen) atoms. The number of H-pyrrole nitrogens is 1. The first kappa shape index (κ1) is 15.3. The summed E-state index contributed by atoms with van der Waals surface area (Å²) in [5.74, 6) is 0.213. The summed E-state index contributed by atoms with van der Waals surface area (Å²) in [6.07, 6.45) is 6.51. The van der Waals surface area contributed by atoms with Crippen LogP contribution in [-0.2, 0) is 11.3 Å². The lowest BCUT2D eigenvalue weighted by molar-refractivity contribution is -0.143. The van der Waals surface area contributed by atoms with Crippen LogP contribution in [0.1, 0.15) is 31.5 Å². The van der Waals surface area contributed by atoms with Crippen molar-refractivity contribution in [3.63, 3.8) is 0 Å². The minimum Gasteiger partial charge on any atom is -0.481 e. The maximum Gasteiger partial charge on any atom is 0.317 e. The van der Waals surface area contributed by atoms with Crippen LogP contribution in [0.2, 0.25) is 0 Å². The molecule has 7 nitrogen and oxygen atoms in total. The molecule has 1 aromatic rings. The standard InChI is InChI=1S/C14H22N4O3/c1-18(9-12-15-6-7-16-12)14(21)17-8-10-2-4-11(5-3-10)13(19)20/h6-7,10-11H,2-5,8-9H2,1H3,(H,15,16)(H,17,21)(H,19,20). The number of rotatable bonds is 5. The molecule has 2 amide bonds. The van der Waals surface area contributed by atoms with Crippen LogP contribution >= 0.6 is 0 Å². The van der Waals surface area contributed by atoms with Crippen LogP contribution in [0.15, 0.2) is 12.4 Å². The molecule has 116 valence electrons. The van der Waals surface area contributed by atoms with E-state index >= 15 is 0 Å². The number of aromatic nitrogens is 2. The van der Waals surface area contributed by atoms with Crippen LogP contribution in [0, 0.1) is 11.8 Å². The van der Waals surface area contributed by atoms with Gasteiger partial charge in [-0.3, -0.25) is 4.79 Å². The smallest absolute Gasteiger partial charge is 0.317 e. The largest absolute Gasteiger partial charge is 0.481 e. The first-order chi connectivity index (χ1) is 10.1. The highest BCUT2D eigenvalue weighted by atomic mass is 16.4. The molecular weight excluding hydrogens is 272 g/mol.